The summed E-state index contributed by atoms with van der Waals surface area (Å²) in [5.74, 6) is 8.23. The van der Waals surface area contributed by atoms with Crippen molar-refractivity contribution in [2.75, 3.05) is 26.2 Å². The molecular weight excluding hydrogens is 669 g/mol. The Morgan fingerprint density at radius 1 is 0.630 bits per heavy atom. The molecule has 2 saturated heterocycles. The molecule has 0 radical (unpaired) electrons. The number of ether oxygens (including phenoxy) is 2. The SMILES string of the molecule is C#CCN1CC[C@]23CCCC[C@H]2[C@H]1Cc1ccc(OC(=O)CCCCCCCCC(=O)Oc2ccc4c(c2)[C@@]25CCCC[C@H]2[C@@H](C4)N(CC#C)CC5)cc13. The fraction of sp³-hybridized carbons (Fsp3) is 0.625. The predicted octanol–water partition coefficient (Wildman–Crippen LogP) is 8.70. The lowest BCUT2D eigenvalue weighted by atomic mass is 9.52. The highest BCUT2D eigenvalue weighted by Gasteiger charge is 2.55. The highest BCUT2D eigenvalue weighted by molar-refractivity contribution is 5.73. The van der Waals surface area contributed by atoms with Crippen LogP contribution in [0.1, 0.15) is 138 Å². The van der Waals surface area contributed by atoms with Gasteiger partial charge in [0, 0.05) is 48.8 Å². The van der Waals surface area contributed by atoms with Crippen LogP contribution in [-0.4, -0.2) is 60.0 Å². The normalized spacial score (nSPS) is 29.7. The Morgan fingerprint density at radius 2 is 1.07 bits per heavy atom. The molecule has 4 bridgehead atoms. The Kier molecular flexibility index (Phi) is 11.2. The van der Waals surface area contributed by atoms with Crippen LogP contribution in [0.2, 0.25) is 0 Å². The third kappa shape index (κ3) is 7.15. The zero-order valence-electron chi connectivity index (χ0n) is 32.4. The van der Waals surface area contributed by atoms with Gasteiger partial charge in [-0.3, -0.25) is 19.4 Å². The van der Waals surface area contributed by atoms with E-state index in [1.807, 2.05) is 12.1 Å². The lowest BCUT2D eigenvalue weighted by Gasteiger charge is -2.59. The van der Waals surface area contributed by atoms with Gasteiger partial charge < -0.3 is 9.47 Å². The second kappa shape index (κ2) is 16.3. The molecule has 2 saturated carbocycles. The summed E-state index contributed by atoms with van der Waals surface area (Å²) >= 11 is 0. The molecule has 2 aromatic rings. The number of rotatable bonds is 13. The molecule has 2 aliphatic heterocycles. The summed E-state index contributed by atoms with van der Waals surface area (Å²) in [6, 6.07) is 13.9. The number of benzene rings is 2. The summed E-state index contributed by atoms with van der Waals surface area (Å²) in [7, 11) is 0. The van der Waals surface area contributed by atoms with Gasteiger partial charge in [-0.15, -0.1) is 12.8 Å². The molecule has 54 heavy (non-hydrogen) atoms. The number of nitrogens with zero attached hydrogens (tertiary/aromatic N) is 2. The van der Waals surface area contributed by atoms with E-state index in [0.717, 1.165) is 90.4 Å². The number of esters is 2. The Morgan fingerprint density at radius 3 is 1.52 bits per heavy atom. The molecule has 6 atom stereocenters. The predicted molar refractivity (Wildman–Crippen MR) is 213 cm³/mol. The number of carbonyl (C=O) groups excluding carboxylic acids is 2. The molecule has 0 aromatic heterocycles. The average molecular weight is 729 g/mol. The van der Waals surface area contributed by atoms with Crippen molar-refractivity contribution in [3.8, 4) is 36.2 Å². The standard InChI is InChI=1S/C48H60N2O4/c1-3-27-49-29-25-47-23-13-11-15-39(47)43(49)31-35-19-21-37(33-41(35)47)53-45(51)17-9-7-5-6-8-10-18-46(52)54-38-22-20-36-32-44-40-16-12-14-24-48(40,42(36)34-38)26-30-50(44)28-4-2/h1-2,19-22,33-34,39-40,43-44H,5-18,23-32H2/t39-,40-,43+,44+,47+,48+/m0/s1. The fourth-order valence-corrected chi connectivity index (χ4v) is 12.5. The van der Waals surface area contributed by atoms with Gasteiger partial charge >= 0.3 is 11.9 Å². The smallest absolute Gasteiger partial charge is 0.311 e. The molecule has 2 aromatic carbocycles. The van der Waals surface area contributed by atoms with Crippen LogP contribution in [-0.2, 0) is 33.3 Å². The van der Waals surface area contributed by atoms with Crippen molar-refractivity contribution in [2.24, 2.45) is 11.8 Å². The van der Waals surface area contributed by atoms with Crippen LogP contribution in [0.3, 0.4) is 0 Å². The second-order valence-corrected chi connectivity index (χ2v) is 17.6. The van der Waals surface area contributed by atoms with Gasteiger partial charge in [0.2, 0.25) is 0 Å². The number of unbranched alkanes of at least 4 members (excludes halogenated alkanes) is 5. The van der Waals surface area contributed by atoms with Crippen LogP contribution >= 0.6 is 0 Å². The first kappa shape index (κ1) is 37.3. The maximum absolute atomic E-state index is 12.9. The van der Waals surface area contributed by atoms with Crippen LogP contribution in [0.25, 0.3) is 0 Å². The van der Waals surface area contributed by atoms with Crippen molar-refractivity contribution in [3.05, 3.63) is 58.7 Å². The molecule has 4 fully saturated rings. The van der Waals surface area contributed by atoms with Crippen molar-refractivity contribution in [3.63, 3.8) is 0 Å². The number of hydrogen-bond acceptors (Lipinski definition) is 6. The van der Waals surface area contributed by atoms with Crippen molar-refractivity contribution < 1.29 is 19.1 Å². The number of likely N-dealkylation sites (tertiary alicyclic amines) is 2. The summed E-state index contributed by atoms with van der Waals surface area (Å²) in [4.78, 5) is 30.8. The maximum Gasteiger partial charge on any atom is 0.311 e. The van der Waals surface area contributed by atoms with Crippen molar-refractivity contribution in [2.45, 2.75) is 151 Å². The third-order valence-electron chi connectivity index (χ3n) is 14.9. The molecule has 0 amide bonds. The molecule has 286 valence electrons. The average Bonchev–Trinajstić information content (AvgIpc) is 3.18. The monoisotopic (exact) mass is 728 g/mol. The van der Waals surface area contributed by atoms with Crippen molar-refractivity contribution in [1.82, 2.24) is 9.80 Å². The molecule has 6 heteroatoms. The molecule has 6 aliphatic rings. The summed E-state index contributed by atoms with van der Waals surface area (Å²) in [6.45, 7) is 3.60. The summed E-state index contributed by atoms with van der Waals surface area (Å²) in [5, 5.41) is 0. The molecule has 0 spiro atoms. The van der Waals surface area contributed by atoms with Crippen LogP contribution in [0.4, 0.5) is 0 Å². The first-order valence-corrected chi connectivity index (χ1v) is 21.5. The van der Waals surface area contributed by atoms with Gasteiger partial charge in [-0.25, -0.2) is 0 Å². The second-order valence-electron chi connectivity index (χ2n) is 17.6. The highest BCUT2D eigenvalue weighted by atomic mass is 16.5. The topological polar surface area (TPSA) is 59.1 Å². The number of fused-ring (bicyclic) bond motifs is 2. The van der Waals surface area contributed by atoms with E-state index in [4.69, 9.17) is 22.3 Å². The first-order valence-electron chi connectivity index (χ1n) is 21.5. The van der Waals surface area contributed by atoms with Gasteiger partial charge in [0.15, 0.2) is 0 Å². The van der Waals surface area contributed by atoms with Crippen LogP contribution in [0.15, 0.2) is 36.4 Å². The highest BCUT2D eigenvalue weighted by Crippen LogP contribution is 2.57. The van der Waals surface area contributed by atoms with E-state index in [9.17, 15) is 9.59 Å². The fourth-order valence-electron chi connectivity index (χ4n) is 12.5. The molecule has 0 N–H and O–H groups in total. The summed E-state index contributed by atoms with van der Waals surface area (Å²) in [5.41, 5.74) is 6.11. The molecule has 8 rings (SSSR count). The van der Waals surface area contributed by atoms with E-state index in [2.05, 4.69) is 45.9 Å². The quantitative estimate of drug-likeness (QED) is 0.0891. The van der Waals surface area contributed by atoms with Gasteiger partial charge in [-0.05, 0) is 123 Å². The number of hydrogen-bond donors (Lipinski definition) is 0. The lowest BCUT2D eigenvalue weighted by Crippen LogP contribution is -2.60. The number of terminal acetylenes is 2. The molecular formula is C48H60N2O4. The minimum absolute atomic E-state index is 0.136. The minimum atomic E-state index is -0.136. The number of carbonyl (C=O) groups is 2. The van der Waals surface area contributed by atoms with Gasteiger partial charge in [0.1, 0.15) is 11.5 Å². The Balaban J connectivity index is 0.754. The summed E-state index contributed by atoms with van der Waals surface area (Å²) in [6.07, 6.45) is 32.6. The van der Waals surface area contributed by atoms with Gasteiger partial charge in [0.05, 0.1) is 13.1 Å². The van der Waals surface area contributed by atoms with E-state index in [1.165, 1.54) is 73.6 Å². The van der Waals surface area contributed by atoms with Gasteiger partial charge in [-0.1, -0.05) is 75.3 Å². The van der Waals surface area contributed by atoms with E-state index in [-0.39, 0.29) is 22.8 Å². The Labute approximate surface area is 324 Å². The number of piperidine rings is 2. The molecule has 2 heterocycles. The van der Waals surface area contributed by atoms with E-state index >= 15 is 0 Å². The Hall–Kier alpha value is -3.58. The largest absolute Gasteiger partial charge is 0.427 e. The van der Waals surface area contributed by atoms with Crippen LogP contribution < -0.4 is 9.47 Å². The van der Waals surface area contributed by atoms with Crippen LogP contribution in [0, 0.1) is 36.5 Å². The molecule has 0 unspecified atom stereocenters. The third-order valence-corrected chi connectivity index (χ3v) is 14.9. The first-order chi connectivity index (χ1) is 26.4. The van der Waals surface area contributed by atoms with E-state index in [1.54, 1.807) is 0 Å². The van der Waals surface area contributed by atoms with E-state index < -0.39 is 0 Å². The van der Waals surface area contributed by atoms with E-state index in [0.29, 0.717) is 48.3 Å². The maximum atomic E-state index is 12.9. The zero-order valence-corrected chi connectivity index (χ0v) is 32.4. The van der Waals surface area contributed by atoms with Crippen molar-refractivity contribution in [1.29, 1.82) is 0 Å². The van der Waals surface area contributed by atoms with Gasteiger partial charge in [-0.2, -0.15) is 0 Å². The summed E-state index contributed by atoms with van der Waals surface area (Å²) < 4.78 is 11.9. The lowest BCUT2D eigenvalue weighted by molar-refractivity contribution is -0.135. The molecule has 6 nitrogen and oxygen atoms in total. The zero-order chi connectivity index (χ0) is 37.1. The minimum Gasteiger partial charge on any atom is -0.427 e. The van der Waals surface area contributed by atoms with Crippen LogP contribution in [0.5, 0.6) is 11.5 Å². The van der Waals surface area contributed by atoms with Crippen molar-refractivity contribution >= 4 is 11.9 Å². The Bertz CT molecular complexity index is 1660. The molecule has 4 aliphatic carbocycles. The van der Waals surface area contributed by atoms with Gasteiger partial charge in [0.25, 0.3) is 0 Å².